The molecule has 1 aliphatic rings. The summed E-state index contributed by atoms with van der Waals surface area (Å²) in [6, 6.07) is 0. The summed E-state index contributed by atoms with van der Waals surface area (Å²) in [6.07, 6.45) is 3.42. The van der Waals surface area contributed by atoms with Crippen molar-refractivity contribution >= 4 is 11.6 Å². The second-order valence-corrected chi connectivity index (χ2v) is 5.15. The van der Waals surface area contributed by atoms with E-state index in [4.69, 9.17) is 0 Å². The second-order valence-electron chi connectivity index (χ2n) is 5.15. The maximum absolute atomic E-state index is 11.9. The van der Waals surface area contributed by atoms with Crippen molar-refractivity contribution in [3.8, 4) is 0 Å². The molecule has 0 unspecified atom stereocenters. The summed E-state index contributed by atoms with van der Waals surface area (Å²) in [5.74, 6) is -2.65. The highest BCUT2D eigenvalue weighted by Crippen LogP contribution is 2.29. The Bertz CT molecular complexity index is 502. The topological polar surface area (TPSA) is 74.6 Å². The summed E-state index contributed by atoms with van der Waals surface area (Å²) in [6.45, 7) is 7.06. The van der Waals surface area contributed by atoms with Crippen LogP contribution in [0.2, 0.25) is 0 Å². The summed E-state index contributed by atoms with van der Waals surface area (Å²) in [5, 5.41) is 19.4. The number of carbonyl (C=O) groups excluding carboxylic acids is 2. The number of Topliss-reactive ketones (excluding diaryl/α,β-unsaturated/α-hetero) is 2. The van der Waals surface area contributed by atoms with Crippen LogP contribution in [0.5, 0.6) is 0 Å². The van der Waals surface area contributed by atoms with E-state index in [1.165, 1.54) is 12.5 Å². The van der Waals surface area contributed by atoms with Crippen LogP contribution in [0.4, 0.5) is 0 Å². The molecule has 1 rings (SSSR count). The molecule has 104 valence electrons. The summed E-state index contributed by atoms with van der Waals surface area (Å²) in [4.78, 5) is 23.6. The molecule has 0 heterocycles. The molecule has 0 fully saturated rings. The minimum atomic E-state index is -0.666. The monoisotopic (exact) mass is 264 g/mol. The summed E-state index contributed by atoms with van der Waals surface area (Å²) < 4.78 is 0. The molecular weight excluding hydrogens is 244 g/mol. The van der Waals surface area contributed by atoms with Gasteiger partial charge in [0.15, 0.2) is 11.5 Å². The van der Waals surface area contributed by atoms with E-state index in [2.05, 4.69) is 0 Å². The maximum atomic E-state index is 11.9. The van der Waals surface area contributed by atoms with Crippen molar-refractivity contribution in [1.82, 2.24) is 0 Å². The average molecular weight is 264 g/mol. The number of allylic oxidation sites excluding steroid dienone is 4. The summed E-state index contributed by atoms with van der Waals surface area (Å²) in [7, 11) is 0. The van der Waals surface area contributed by atoms with Gasteiger partial charge >= 0.3 is 0 Å². The third-order valence-corrected chi connectivity index (χ3v) is 3.27. The first kappa shape index (κ1) is 15.2. The number of hydrogen-bond acceptors (Lipinski definition) is 4. The number of rotatable bonds is 4. The molecule has 4 heteroatoms. The van der Waals surface area contributed by atoms with Crippen LogP contribution in [0.15, 0.2) is 34.3 Å². The molecule has 0 aromatic carbocycles. The van der Waals surface area contributed by atoms with E-state index < -0.39 is 23.1 Å². The number of aliphatic hydroxyl groups is 2. The highest BCUT2D eigenvalue weighted by molar-refractivity contribution is 6.23. The van der Waals surface area contributed by atoms with Gasteiger partial charge in [-0.1, -0.05) is 18.6 Å². The summed E-state index contributed by atoms with van der Waals surface area (Å²) in [5.41, 5.74) is 1.10. The van der Waals surface area contributed by atoms with Crippen LogP contribution in [0.1, 0.15) is 40.5 Å². The molecule has 0 radical (unpaired) electrons. The molecule has 1 atom stereocenters. The largest absolute Gasteiger partial charge is 0.504 e. The van der Waals surface area contributed by atoms with E-state index in [1.807, 2.05) is 19.9 Å². The van der Waals surface area contributed by atoms with Crippen LogP contribution in [-0.4, -0.2) is 21.8 Å². The fraction of sp³-hybridized carbons (Fsp3) is 0.467. The zero-order valence-electron chi connectivity index (χ0n) is 11.8. The zero-order chi connectivity index (χ0) is 14.7. The third-order valence-electron chi connectivity index (χ3n) is 3.27. The maximum Gasteiger partial charge on any atom is 0.227 e. The molecule has 0 bridgehead atoms. The van der Waals surface area contributed by atoms with Gasteiger partial charge in [0, 0.05) is 5.57 Å². The molecule has 19 heavy (non-hydrogen) atoms. The van der Waals surface area contributed by atoms with Crippen molar-refractivity contribution in [2.45, 2.75) is 40.5 Å². The van der Waals surface area contributed by atoms with Crippen molar-refractivity contribution in [3.63, 3.8) is 0 Å². The van der Waals surface area contributed by atoms with Gasteiger partial charge in [-0.05, 0) is 39.5 Å². The Labute approximate surface area is 113 Å². The Morgan fingerprint density at radius 2 is 1.74 bits per heavy atom. The molecular formula is C15H20O4. The minimum absolute atomic E-state index is 0.0234. The van der Waals surface area contributed by atoms with E-state index >= 15 is 0 Å². The lowest BCUT2D eigenvalue weighted by Crippen LogP contribution is -2.26. The van der Waals surface area contributed by atoms with Crippen LogP contribution >= 0.6 is 0 Å². The first-order valence-electron chi connectivity index (χ1n) is 6.33. The predicted octanol–water partition coefficient (Wildman–Crippen LogP) is 3.16. The van der Waals surface area contributed by atoms with Gasteiger partial charge in [-0.25, -0.2) is 0 Å². The SMILES string of the molecule is CC(C)=CCC[C@@H](C)C1=C(O)C(=O)C(C)=C(O)C1=O. The van der Waals surface area contributed by atoms with Crippen LogP contribution in [0.3, 0.4) is 0 Å². The van der Waals surface area contributed by atoms with Gasteiger partial charge in [0.2, 0.25) is 11.6 Å². The van der Waals surface area contributed by atoms with Crippen molar-refractivity contribution in [1.29, 1.82) is 0 Å². The van der Waals surface area contributed by atoms with Gasteiger partial charge in [0.05, 0.1) is 5.57 Å². The number of aliphatic hydroxyl groups excluding tert-OH is 2. The molecule has 0 aliphatic heterocycles. The van der Waals surface area contributed by atoms with Gasteiger partial charge < -0.3 is 10.2 Å². The van der Waals surface area contributed by atoms with Crippen LogP contribution in [0.25, 0.3) is 0 Å². The van der Waals surface area contributed by atoms with Gasteiger partial charge in [0.1, 0.15) is 0 Å². The smallest absolute Gasteiger partial charge is 0.227 e. The van der Waals surface area contributed by atoms with Gasteiger partial charge in [-0.3, -0.25) is 9.59 Å². The Hall–Kier alpha value is -1.84. The van der Waals surface area contributed by atoms with Crippen molar-refractivity contribution in [2.75, 3.05) is 0 Å². The first-order chi connectivity index (χ1) is 8.77. The molecule has 4 nitrogen and oxygen atoms in total. The van der Waals surface area contributed by atoms with Crippen molar-refractivity contribution in [2.24, 2.45) is 5.92 Å². The molecule has 0 spiro atoms. The zero-order valence-corrected chi connectivity index (χ0v) is 11.8. The van der Waals surface area contributed by atoms with E-state index in [1.54, 1.807) is 6.92 Å². The van der Waals surface area contributed by atoms with E-state index in [9.17, 15) is 19.8 Å². The Kier molecular flexibility index (Phi) is 4.70. The molecule has 0 saturated carbocycles. The standard InChI is InChI=1S/C15H20O4/c1-8(2)6-5-7-9(3)11-14(18)12(16)10(4)13(17)15(11)19/h6,9,16,19H,5,7H2,1-4H3/t9-/m1/s1. The Morgan fingerprint density at radius 1 is 1.16 bits per heavy atom. The van der Waals surface area contributed by atoms with E-state index in [-0.39, 0.29) is 17.1 Å². The fourth-order valence-electron chi connectivity index (χ4n) is 2.04. The van der Waals surface area contributed by atoms with E-state index in [0.29, 0.717) is 6.42 Å². The molecule has 0 amide bonds. The molecule has 0 saturated heterocycles. The van der Waals surface area contributed by atoms with Crippen molar-refractivity contribution in [3.05, 3.63) is 34.3 Å². The lowest BCUT2D eigenvalue weighted by atomic mass is 9.85. The Balaban J connectivity index is 2.96. The number of hydrogen-bond donors (Lipinski definition) is 2. The quantitative estimate of drug-likeness (QED) is 0.604. The lowest BCUT2D eigenvalue weighted by molar-refractivity contribution is -0.120. The van der Waals surface area contributed by atoms with E-state index in [0.717, 1.165) is 6.42 Å². The minimum Gasteiger partial charge on any atom is -0.504 e. The van der Waals surface area contributed by atoms with Crippen molar-refractivity contribution < 1.29 is 19.8 Å². The highest BCUT2D eigenvalue weighted by atomic mass is 16.3. The van der Waals surface area contributed by atoms with Gasteiger partial charge in [-0.15, -0.1) is 0 Å². The molecule has 0 aromatic rings. The second kappa shape index (κ2) is 5.87. The van der Waals surface area contributed by atoms with Gasteiger partial charge in [0.25, 0.3) is 0 Å². The van der Waals surface area contributed by atoms with Crippen LogP contribution in [0, 0.1) is 5.92 Å². The molecule has 0 aromatic heterocycles. The highest BCUT2D eigenvalue weighted by Gasteiger charge is 2.34. The number of carbonyl (C=O) groups is 2. The van der Waals surface area contributed by atoms with Crippen LogP contribution in [-0.2, 0) is 9.59 Å². The third kappa shape index (κ3) is 3.13. The predicted molar refractivity (Wildman–Crippen MR) is 72.8 cm³/mol. The number of ketones is 2. The van der Waals surface area contributed by atoms with Gasteiger partial charge in [-0.2, -0.15) is 0 Å². The normalized spacial score (nSPS) is 17.9. The molecule has 2 N–H and O–H groups in total. The van der Waals surface area contributed by atoms with Crippen LogP contribution < -0.4 is 0 Å². The average Bonchev–Trinajstić information content (AvgIpc) is 2.34. The summed E-state index contributed by atoms with van der Waals surface area (Å²) >= 11 is 0. The first-order valence-corrected chi connectivity index (χ1v) is 6.33. The lowest BCUT2D eigenvalue weighted by Gasteiger charge is -2.20. The fourth-order valence-corrected chi connectivity index (χ4v) is 2.04. The Morgan fingerprint density at radius 3 is 2.26 bits per heavy atom. The molecule has 1 aliphatic carbocycles.